The van der Waals surface area contributed by atoms with Gasteiger partial charge in [0.05, 0.1) is 41.0 Å². The van der Waals surface area contributed by atoms with Crippen molar-refractivity contribution in [3.05, 3.63) is 112 Å². The van der Waals surface area contributed by atoms with E-state index >= 15 is 0 Å². The molecule has 0 aliphatic heterocycles. The van der Waals surface area contributed by atoms with Crippen LogP contribution in [0.4, 0.5) is 5.69 Å². The lowest BCUT2D eigenvalue weighted by Crippen LogP contribution is -2.23. The maximum atomic E-state index is 9.41. The first-order valence-electron chi connectivity index (χ1n) is 12.9. The highest BCUT2D eigenvalue weighted by Gasteiger charge is 2.28. The number of benzene rings is 2. The monoisotopic (exact) mass is 484 g/mol. The van der Waals surface area contributed by atoms with Gasteiger partial charge in [-0.3, -0.25) is 9.97 Å². The van der Waals surface area contributed by atoms with E-state index < -0.39 is 5.41 Å². The van der Waals surface area contributed by atoms with Crippen LogP contribution in [0.5, 0.6) is 0 Å². The molecule has 0 N–H and O–H groups in total. The van der Waals surface area contributed by atoms with Crippen molar-refractivity contribution in [2.75, 3.05) is 0 Å². The predicted molar refractivity (Wildman–Crippen MR) is 150 cm³/mol. The molecule has 0 radical (unpaired) electrons. The van der Waals surface area contributed by atoms with E-state index in [-0.39, 0.29) is 0 Å². The van der Waals surface area contributed by atoms with Crippen LogP contribution in [0.1, 0.15) is 68.6 Å². The Morgan fingerprint density at radius 2 is 1.32 bits per heavy atom. The zero-order valence-electron chi connectivity index (χ0n) is 22.0. The molecule has 0 saturated carbocycles. The summed E-state index contributed by atoms with van der Waals surface area (Å²) in [6.07, 6.45) is 3.98. The number of pyridine rings is 2. The molecular weight excluding hydrogens is 452 g/mol. The molecule has 4 rings (SSSR count). The molecule has 2 aromatic heterocycles. The van der Waals surface area contributed by atoms with Gasteiger partial charge >= 0.3 is 0 Å². The van der Waals surface area contributed by atoms with E-state index in [9.17, 15) is 5.26 Å². The molecule has 0 unspecified atom stereocenters. The molecule has 0 atom stereocenters. The molecule has 0 aliphatic carbocycles. The first-order chi connectivity index (χ1) is 17.9. The summed E-state index contributed by atoms with van der Waals surface area (Å²) in [7, 11) is 0. The van der Waals surface area contributed by atoms with Gasteiger partial charge in [-0.15, -0.1) is 0 Å². The summed E-state index contributed by atoms with van der Waals surface area (Å²) < 4.78 is 0. The molecule has 4 nitrogen and oxygen atoms in total. The molecule has 4 heteroatoms. The average Bonchev–Trinajstić information content (AvgIpc) is 2.93. The van der Waals surface area contributed by atoms with E-state index in [0.29, 0.717) is 11.3 Å². The van der Waals surface area contributed by atoms with Crippen molar-refractivity contribution in [1.82, 2.24) is 9.97 Å². The van der Waals surface area contributed by atoms with Crippen molar-refractivity contribution >= 4 is 5.69 Å². The highest BCUT2D eigenvalue weighted by atomic mass is 14.8. The van der Waals surface area contributed by atoms with Crippen LogP contribution < -0.4 is 0 Å². The van der Waals surface area contributed by atoms with Gasteiger partial charge in [0, 0.05) is 11.0 Å². The molecular formula is C33H32N4. The Balaban J connectivity index is 1.87. The van der Waals surface area contributed by atoms with Crippen molar-refractivity contribution in [3.63, 3.8) is 0 Å². The molecule has 0 fully saturated rings. The van der Waals surface area contributed by atoms with Crippen LogP contribution in [0.3, 0.4) is 0 Å². The molecule has 37 heavy (non-hydrogen) atoms. The molecule has 0 spiro atoms. The first-order valence-corrected chi connectivity index (χ1v) is 12.9. The van der Waals surface area contributed by atoms with Gasteiger partial charge in [0.2, 0.25) is 0 Å². The summed E-state index contributed by atoms with van der Waals surface area (Å²) in [5, 5.41) is 9.41. The smallest absolute Gasteiger partial charge is 0.187 e. The van der Waals surface area contributed by atoms with Crippen LogP contribution in [-0.2, 0) is 18.3 Å². The van der Waals surface area contributed by atoms with Gasteiger partial charge < -0.3 is 0 Å². The van der Waals surface area contributed by atoms with Gasteiger partial charge in [-0.25, -0.2) is 4.85 Å². The van der Waals surface area contributed by atoms with Crippen LogP contribution in [0.2, 0.25) is 0 Å². The van der Waals surface area contributed by atoms with E-state index in [2.05, 4.69) is 62.9 Å². The van der Waals surface area contributed by atoms with Gasteiger partial charge in [-0.05, 0) is 85.8 Å². The Labute approximate surface area is 220 Å². The highest BCUT2D eigenvalue weighted by Crippen LogP contribution is 2.35. The van der Waals surface area contributed by atoms with E-state index in [4.69, 9.17) is 16.5 Å². The molecule has 2 aromatic carbocycles. The topological polar surface area (TPSA) is 53.9 Å². The molecule has 4 aromatic rings. The van der Waals surface area contributed by atoms with E-state index in [1.165, 1.54) is 11.1 Å². The maximum Gasteiger partial charge on any atom is 0.187 e. The minimum Gasteiger partial charge on any atom is -0.252 e. The van der Waals surface area contributed by atoms with Crippen molar-refractivity contribution < 1.29 is 0 Å². The number of aryl methyl sites for hydroxylation is 2. The van der Waals surface area contributed by atoms with Gasteiger partial charge in [0.25, 0.3) is 0 Å². The number of rotatable bonds is 8. The molecule has 0 aliphatic rings. The second-order valence-corrected chi connectivity index (χ2v) is 9.97. The van der Waals surface area contributed by atoms with Crippen molar-refractivity contribution in [1.29, 1.82) is 5.26 Å². The molecule has 0 amide bonds. The standard InChI is InChI=1S/C33H32N4/c1-6-10-23-17-29(26-13-8-12-25(16-26)22-34)36-31(19-23)33(3,4)32-20-24(11-7-2)18-30(37-32)27-14-9-15-28(21-27)35-5/h8-9,12-21H,6-7,10-11H2,1-4H3. The second kappa shape index (κ2) is 11.2. The van der Waals surface area contributed by atoms with Crippen molar-refractivity contribution in [3.8, 4) is 28.6 Å². The number of hydrogen-bond donors (Lipinski definition) is 0. The van der Waals surface area contributed by atoms with Gasteiger partial charge in [-0.1, -0.05) is 57.0 Å². The molecule has 2 heterocycles. The Bertz CT molecular complexity index is 1390. The number of nitriles is 1. The first kappa shape index (κ1) is 25.8. The summed E-state index contributed by atoms with van der Waals surface area (Å²) in [5.41, 5.74) is 8.80. The van der Waals surface area contributed by atoms with E-state index in [1.807, 2.05) is 48.5 Å². The van der Waals surface area contributed by atoms with Crippen molar-refractivity contribution in [2.24, 2.45) is 0 Å². The van der Waals surface area contributed by atoms with Crippen LogP contribution in [-0.4, -0.2) is 9.97 Å². The Hall–Kier alpha value is -4.28. The fourth-order valence-electron chi connectivity index (χ4n) is 4.59. The van der Waals surface area contributed by atoms with Crippen molar-refractivity contribution in [2.45, 2.75) is 58.8 Å². The van der Waals surface area contributed by atoms with Gasteiger partial charge in [0.1, 0.15) is 0 Å². The van der Waals surface area contributed by atoms with Crippen LogP contribution >= 0.6 is 0 Å². The second-order valence-electron chi connectivity index (χ2n) is 9.97. The largest absolute Gasteiger partial charge is 0.252 e. The number of aromatic nitrogens is 2. The maximum absolute atomic E-state index is 9.41. The van der Waals surface area contributed by atoms with Gasteiger partial charge in [0.15, 0.2) is 5.69 Å². The SMILES string of the molecule is [C-]#[N+]c1cccc(-c2cc(CCC)cc(C(C)(C)c3cc(CCC)cc(-c4cccc(C#N)c4)n3)n2)c1. The summed E-state index contributed by atoms with van der Waals surface area (Å²) in [5.74, 6) is 0. The molecule has 0 bridgehead atoms. The quantitative estimate of drug-likeness (QED) is 0.236. The predicted octanol–water partition coefficient (Wildman–Crippen LogP) is 8.46. The Morgan fingerprint density at radius 1 is 0.784 bits per heavy atom. The zero-order valence-corrected chi connectivity index (χ0v) is 22.0. The fraction of sp³-hybridized carbons (Fsp3) is 0.273. The van der Waals surface area contributed by atoms with E-state index in [0.717, 1.165) is 59.6 Å². The lowest BCUT2D eigenvalue weighted by atomic mass is 9.82. The zero-order chi connectivity index (χ0) is 26.4. The number of nitrogens with zero attached hydrogens (tertiary/aromatic N) is 4. The highest BCUT2D eigenvalue weighted by molar-refractivity contribution is 5.67. The Morgan fingerprint density at radius 3 is 1.84 bits per heavy atom. The minimum atomic E-state index is -0.457. The lowest BCUT2D eigenvalue weighted by Gasteiger charge is -2.26. The third kappa shape index (κ3) is 5.76. The van der Waals surface area contributed by atoms with E-state index in [1.54, 1.807) is 0 Å². The van der Waals surface area contributed by atoms with Gasteiger partial charge in [-0.2, -0.15) is 5.26 Å². The normalized spacial score (nSPS) is 11.1. The van der Waals surface area contributed by atoms with Crippen LogP contribution in [0.15, 0.2) is 72.8 Å². The average molecular weight is 485 g/mol. The fourth-order valence-corrected chi connectivity index (χ4v) is 4.59. The summed E-state index contributed by atoms with van der Waals surface area (Å²) in [4.78, 5) is 13.9. The lowest BCUT2D eigenvalue weighted by molar-refractivity contribution is 0.593. The summed E-state index contributed by atoms with van der Waals surface area (Å²) in [6.45, 7) is 16.1. The van der Waals surface area contributed by atoms with Crippen LogP contribution in [0.25, 0.3) is 27.4 Å². The summed E-state index contributed by atoms with van der Waals surface area (Å²) in [6, 6.07) is 26.2. The number of hydrogen-bond acceptors (Lipinski definition) is 3. The Kier molecular flexibility index (Phi) is 7.80. The summed E-state index contributed by atoms with van der Waals surface area (Å²) >= 11 is 0. The third-order valence-corrected chi connectivity index (χ3v) is 6.69. The third-order valence-electron chi connectivity index (χ3n) is 6.69. The molecule has 184 valence electrons. The minimum absolute atomic E-state index is 0.457. The molecule has 0 saturated heterocycles. The van der Waals surface area contributed by atoms with Crippen LogP contribution in [0, 0.1) is 17.9 Å².